The van der Waals surface area contributed by atoms with Crippen LogP contribution in [0.1, 0.15) is 40.0 Å². The van der Waals surface area contributed by atoms with Crippen LogP contribution in [0, 0.1) is 5.92 Å². The zero-order chi connectivity index (χ0) is 19.7. The average molecular weight is 372 g/mol. The van der Waals surface area contributed by atoms with Gasteiger partial charge in [-0.15, -0.1) is 0 Å². The number of likely N-dealkylation sites (tertiary alicyclic amines) is 1. The number of amides is 2. The van der Waals surface area contributed by atoms with Crippen LogP contribution in [0.5, 0.6) is 0 Å². The molecule has 1 aliphatic rings. The Morgan fingerprint density at radius 1 is 1.12 bits per heavy atom. The number of alkyl carbamates (subject to hydrolysis) is 1. The first kappa shape index (κ1) is 21.7. The summed E-state index contributed by atoms with van der Waals surface area (Å²) in [5.41, 5.74) is -0.613. The number of piperidine rings is 1. The van der Waals surface area contributed by atoms with Crippen molar-refractivity contribution in [2.45, 2.75) is 45.6 Å². The molecule has 9 nitrogen and oxygen atoms in total. The third-order valence-corrected chi connectivity index (χ3v) is 3.74. The number of hydrogen-bond acceptors (Lipinski definition) is 7. The molecule has 1 N–H and O–H groups in total. The minimum Gasteiger partial charge on any atom is -0.469 e. The largest absolute Gasteiger partial charge is 0.469 e. The Kier molecular flexibility index (Phi) is 8.34. The van der Waals surface area contributed by atoms with Gasteiger partial charge in [-0.3, -0.25) is 14.4 Å². The van der Waals surface area contributed by atoms with Gasteiger partial charge in [0.1, 0.15) is 5.60 Å². The van der Waals surface area contributed by atoms with Crippen molar-refractivity contribution in [3.8, 4) is 0 Å². The molecule has 1 rings (SSSR count). The van der Waals surface area contributed by atoms with Crippen molar-refractivity contribution < 1.29 is 33.4 Å². The highest BCUT2D eigenvalue weighted by Gasteiger charge is 2.28. The van der Waals surface area contributed by atoms with Crippen LogP contribution in [0.15, 0.2) is 0 Å². The summed E-state index contributed by atoms with van der Waals surface area (Å²) in [6, 6.07) is 0. The van der Waals surface area contributed by atoms with E-state index in [1.54, 1.807) is 25.7 Å². The van der Waals surface area contributed by atoms with Crippen LogP contribution in [-0.4, -0.2) is 67.8 Å². The molecule has 0 spiro atoms. The van der Waals surface area contributed by atoms with E-state index < -0.39 is 17.7 Å². The van der Waals surface area contributed by atoms with Gasteiger partial charge in [-0.2, -0.15) is 0 Å². The number of methoxy groups -OCH3 is 1. The molecule has 0 atom stereocenters. The lowest BCUT2D eigenvalue weighted by Crippen LogP contribution is -2.42. The van der Waals surface area contributed by atoms with Crippen LogP contribution >= 0.6 is 0 Å². The number of esters is 2. The second kappa shape index (κ2) is 9.98. The molecule has 1 aliphatic heterocycles. The predicted molar refractivity (Wildman–Crippen MR) is 91.1 cm³/mol. The van der Waals surface area contributed by atoms with E-state index in [1.807, 2.05) is 0 Å². The Balaban J connectivity index is 2.20. The Morgan fingerprint density at radius 2 is 1.73 bits per heavy atom. The molecule has 26 heavy (non-hydrogen) atoms. The minimum absolute atomic E-state index is 0.0586. The van der Waals surface area contributed by atoms with Gasteiger partial charge in [-0.25, -0.2) is 4.79 Å². The third-order valence-electron chi connectivity index (χ3n) is 3.74. The zero-order valence-electron chi connectivity index (χ0n) is 15.8. The molecule has 0 unspecified atom stereocenters. The first-order valence-corrected chi connectivity index (χ1v) is 8.60. The van der Waals surface area contributed by atoms with Gasteiger partial charge in [0.2, 0.25) is 0 Å². The zero-order valence-corrected chi connectivity index (χ0v) is 15.8. The van der Waals surface area contributed by atoms with E-state index in [9.17, 15) is 19.2 Å². The highest BCUT2D eigenvalue weighted by atomic mass is 16.6. The number of carbonyl (C=O) groups is 4. The number of carbonyl (C=O) groups excluding carboxylic acids is 4. The molecule has 1 saturated heterocycles. The van der Waals surface area contributed by atoms with Crippen molar-refractivity contribution in [2.24, 2.45) is 5.92 Å². The molecule has 0 aromatic heterocycles. The van der Waals surface area contributed by atoms with Gasteiger partial charge in [0.05, 0.1) is 19.4 Å². The fourth-order valence-corrected chi connectivity index (χ4v) is 2.42. The maximum atomic E-state index is 12.0. The maximum Gasteiger partial charge on any atom is 0.407 e. The summed E-state index contributed by atoms with van der Waals surface area (Å²) in [5.74, 6) is -1.34. The lowest BCUT2D eigenvalue weighted by atomic mass is 9.97. The normalized spacial score (nSPS) is 15.2. The molecule has 148 valence electrons. The highest BCUT2D eigenvalue weighted by molar-refractivity contribution is 5.81. The second-order valence-electron chi connectivity index (χ2n) is 7.02. The van der Waals surface area contributed by atoms with E-state index in [2.05, 4.69) is 5.32 Å². The fourth-order valence-electron chi connectivity index (χ4n) is 2.42. The summed E-state index contributed by atoms with van der Waals surface area (Å²) >= 11 is 0. The molecular weight excluding hydrogens is 344 g/mol. The van der Waals surface area contributed by atoms with E-state index in [-0.39, 0.29) is 37.4 Å². The summed E-state index contributed by atoms with van der Waals surface area (Å²) in [5, 5.41) is 2.44. The Bertz CT molecular complexity index is 520. The van der Waals surface area contributed by atoms with Gasteiger partial charge in [0, 0.05) is 19.6 Å². The molecule has 0 aromatic rings. The highest BCUT2D eigenvalue weighted by Crippen LogP contribution is 2.18. The summed E-state index contributed by atoms with van der Waals surface area (Å²) in [4.78, 5) is 48.1. The molecule has 0 aliphatic carbocycles. The quantitative estimate of drug-likeness (QED) is 0.543. The number of nitrogens with zero attached hydrogens (tertiary/aromatic N) is 1. The van der Waals surface area contributed by atoms with E-state index in [4.69, 9.17) is 14.2 Å². The van der Waals surface area contributed by atoms with Crippen LogP contribution < -0.4 is 5.32 Å². The first-order chi connectivity index (χ1) is 12.1. The van der Waals surface area contributed by atoms with Crippen molar-refractivity contribution in [3.05, 3.63) is 0 Å². The van der Waals surface area contributed by atoms with Crippen LogP contribution in [0.3, 0.4) is 0 Å². The van der Waals surface area contributed by atoms with Gasteiger partial charge < -0.3 is 24.4 Å². The Morgan fingerprint density at radius 3 is 2.27 bits per heavy atom. The van der Waals surface area contributed by atoms with E-state index >= 15 is 0 Å². The average Bonchev–Trinajstić information content (AvgIpc) is 2.57. The molecular formula is C17H28N2O7. The Hall–Kier alpha value is -2.32. The SMILES string of the molecule is COC(=O)C1CCN(C(=O)COC(=O)CCNC(=O)OC(C)(C)C)CC1. The van der Waals surface area contributed by atoms with E-state index in [0.29, 0.717) is 25.9 Å². The lowest BCUT2D eigenvalue weighted by Gasteiger charge is -2.30. The van der Waals surface area contributed by atoms with E-state index in [0.717, 1.165) is 0 Å². The molecule has 0 bridgehead atoms. The minimum atomic E-state index is -0.616. The number of rotatable bonds is 6. The number of nitrogens with one attached hydrogen (secondary N) is 1. The molecule has 0 aromatic carbocycles. The molecule has 0 radical (unpaired) electrons. The molecule has 9 heteroatoms. The van der Waals surface area contributed by atoms with Crippen LogP contribution in [0.25, 0.3) is 0 Å². The molecule has 0 saturated carbocycles. The smallest absolute Gasteiger partial charge is 0.407 e. The third kappa shape index (κ3) is 8.17. The lowest BCUT2D eigenvalue weighted by molar-refractivity contribution is -0.154. The Labute approximate surface area is 153 Å². The van der Waals surface area contributed by atoms with Crippen molar-refractivity contribution in [3.63, 3.8) is 0 Å². The summed E-state index contributed by atoms with van der Waals surface area (Å²) in [7, 11) is 1.34. The van der Waals surface area contributed by atoms with Gasteiger partial charge in [-0.1, -0.05) is 0 Å². The van der Waals surface area contributed by atoms with Gasteiger partial charge in [0.25, 0.3) is 5.91 Å². The molecule has 2 amide bonds. The summed E-state index contributed by atoms with van der Waals surface area (Å²) < 4.78 is 14.7. The van der Waals surface area contributed by atoms with Gasteiger partial charge in [-0.05, 0) is 33.6 Å². The number of ether oxygens (including phenoxy) is 3. The van der Waals surface area contributed by atoms with Crippen molar-refractivity contribution >= 4 is 23.9 Å². The van der Waals surface area contributed by atoms with Crippen molar-refractivity contribution in [1.82, 2.24) is 10.2 Å². The van der Waals surface area contributed by atoms with E-state index in [1.165, 1.54) is 7.11 Å². The van der Waals surface area contributed by atoms with Crippen LogP contribution in [-0.2, 0) is 28.6 Å². The first-order valence-electron chi connectivity index (χ1n) is 8.60. The summed E-state index contributed by atoms with van der Waals surface area (Å²) in [6.07, 6.45) is 0.393. The summed E-state index contributed by atoms with van der Waals surface area (Å²) in [6.45, 7) is 5.77. The van der Waals surface area contributed by atoms with Gasteiger partial charge in [0.15, 0.2) is 6.61 Å². The van der Waals surface area contributed by atoms with Crippen LogP contribution in [0.2, 0.25) is 0 Å². The van der Waals surface area contributed by atoms with Crippen LogP contribution in [0.4, 0.5) is 4.79 Å². The fraction of sp³-hybridized carbons (Fsp3) is 0.765. The van der Waals surface area contributed by atoms with Crippen molar-refractivity contribution in [1.29, 1.82) is 0 Å². The van der Waals surface area contributed by atoms with Crippen molar-refractivity contribution in [2.75, 3.05) is 33.4 Å². The second-order valence-corrected chi connectivity index (χ2v) is 7.02. The standard InChI is InChI=1S/C17H28N2O7/c1-17(2,3)26-16(23)18-8-5-14(21)25-11-13(20)19-9-6-12(7-10-19)15(22)24-4/h12H,5-11H2,1-4H3,(H,18,23). The van der Waals surface area contributed by atoms with Gasteiger partial charge >= 0.3 is 18.0 Å². The molecule has 1 fully saturated rings. The topological polar surface area (TPSA) is 111 Å². The maximum absolute atomic E-state index is 12.0. The predicted octanol–water partition coefficient (Wildman–Crippen LogP) is 0.856. The molecule has 1 heterocycles. The number of hydrogen-bond donors (Lipinski definition) is 1. The monoisotopic (exact) mass is 372 g/mol.